The molecule has 0 bridgehead atoms. The number of anilines is 2. The van der Waals surface area contributed by atoms with Gasteiger partial charge < -0.3 is 5.32 Å². The number of amides is 1. The van der Waals surface area contributed by atoms with Crippen molar-refractivity contribution in [3.8, 4) is 0 Å². The molecule has 3 aromatic carbocycles. The van der Waals surface area contributed by atoms with Gasteiger partial charge in [0.1, 0.15) is 0 Å². The van der Waals surface area contributed by atoms with E-state index in [1.54, 1.807) is 36.0 Å². The van der Waals surface area contributed by atoms with Gasteiger partial charge in [-0.1, -0.05) is 41.9 Å². The number of carbonyl (C=O) groups excluding carboxylic acids is 1. The molecular weight excluding hydrogens is 476 g/mol. The van der Waals surface area contributed by atoms with Gasteiger partial charge in [-0.25, -0.2) is 8.42 Å². The van der Waals surface area contributed by atoms with Gasteiger partial charge in [0.25, 0.3) is 0 Å². The van der Waals surface area contributed by atoms with Crippen LogP contribution in [-0.2, 0) is 20.6 Å². The highest BCUT2D eigenvalue weighted by atomic mass is 35.5. The number of rotatable bonds is 10. The predicted octanol–water partition coefficient (Wildman–Crippen LogP) is 6.13. The minimum Gasteiger partial charge on any atom is -0.326 e. The summed E-state index contributed by atoms with van der Waals surface area (Å²) in [5, 5.41) is 3.47. The van der Waals surface area contributed by atoms with Crippen LogP contribution in [0.5, 0.6) is 0 Å². The van der Waals surface area contributed by atoms with Crippen LogP contribution in [0.25, 0.3) is 0 Å². The summed E-state index contributed by atoms with van der Waals surface area (Å²) < 4.78 is 25.7. The van der Waals surface area contributed by atoms with Crippen molar-refractivity contribution >= 4 is 50.7 Å². The first-order valence-electron chi connectivity index (χ1n) is 10.5. The van der Waals surface area contributed by atoms with E-state index in [9.17, 15) is 13.2 Å². The van der Waals surface area contributed by atoms with Crippen molar-refractivity contribution in [1.82, 2.24) is 0 Å². The predicted molar refractivity (Wildman–Crippen MR) is 139 cm³/mol. The second-order valence-corrected chi connectivity index (χ2v) is 11.1. The van der Waals surface area contributed by atoms with Crippen molar-refractivity contribution in [3.05, 3.63) is 88.9 Å². The van der Waals surface area contributed by atoms with E-state index in [1.165, 1.54) is 14.8 Å². The molecule has 0 unspecified atom stereocenters. The lowest BCUT2D eigenvalue weighted by Crippen LogP contribution is -2.31. The molecule has 0 aliphatic carbocycles. The second kappa shape index (κ2) is 11.6. The van der Waals surface area contributed by atoms with Gasteiger partial charge in [-0.3, -0.25) is 9.10 Å². The largest absolute Gasteiger partial charge is 0.326 e. The third-order valence-corrected chi connectivity index (χ3v) is 7.52. The summed E-state index contributed by atoms with van der Waals surface area (Å²) in [6.45, 7) is 2.18. The fourth-order valence-electron chi connectivity index (χ4n) is 3.33. The lowest BCUT2D eigenvalue weighted by Gasteiger charge is -2.22. The summed E-state index contributed by atoms with van der Waals surface area (Å²) in [4.78, 5) is 13.7. The molecule has 0 saturated heterocycles. The molecule has 0 fully saturated rings. The topological polar surface area (TPSA) is 66.5 Å². The zero-order chi connectivity index (χ0) is 23.8. The number of thioether (sulfide) groups is 1. The number of nitrogens with one attached hydrogen (secondary N) is 1. The summed E-state index contributed by atoms with van der Waals surface area (Å²) >= 11 is 7.67. The van der Waals surface area contributed by atoms with Gasteiger partial charge in [-0.15, -0.1) is 11.8 Å². The maximum atomic E-state index is 12.5. The molecule has 1 amide bonds. The molecule has 5 nitrogen and oxygen atoms in total. The number of benzene rings is 3. The number of nitrogens with zero attached hydrogens (tertiary/aromatic N) is 1. The molecule has 174 valence electrons. The van der Waals surface area contributed by atoms with E-state index >= 15 is 0 Å². The monoisotopic (exact) mass is 502 g/mol. The van der Waals surface area contributed by atoms with Crippen molar-refractivity contribution in [2.45, 2.75) is 30.4 Å². The minimum atomic E-state index is -3.47. The highest BCUT2D eigenvalue weighted by Gasteiger charge is 2.17. The molecule has 0 aliphatic rings. The van der Waals surface area contributed by atoms with Crippen molar-refractivity contribution in [1.29, 1.82) is 0 Å². The smallest absolute Gasteiger partial charge is 0.232 e. The van der Waals surface area contributed by atoms with E-state index in [2.05, 4.69) is 23.5 Å². The normalized spacial score (nSPS) is 11.2. The first-order chi connectivity index (χ1) is 15.7. The van der Waals surface area contributed by atoms with E-state index in [-0.39, 0.29) is 18.9 Å². The summed E-state index contributed by atoms with van der Waals surface area (Å²) in [5.41, 5.74) is 3.48. The Labute approximate surface area is 205 Å². The lowest BCUT2D eigenvalue weighted by molar-refractivity contribution is -0.116. The summed E-state index contributed by atoms with van der Waals surface area (Å²) in [6, 6.07) is 22.9. The van der Waals surface area contributed by atoms with Gasteiger partial charge in [0.05, 0.1) is 11.9 Å². The Hall–Kier alpha value is -2.48. The van der Waals surface area contributed by atoms with Crippen LogP contribution in [0.15, 0.2) is 77.7 Å². The molecule has 0 atom stereocenters. The molecule has 0 aliphatic heterocycles. The van der Waals surface area contributed by atoms with Crippen LogP contribution in [0.3, 0.4) is 0 Å². The number of halogens is 1. The third kappa shape index (κ3) is 7.81. The zero-order valence-corrected chi connectivity index (χ0v) is 21.0. The molecule has 8 heteroatoms. The zero-order valence-electron chi connectivity index (χ0n) is 18.6. The Kier molecular flexibility index (Phi) is 8.83. The first-order valence-corrected chi connectivity index (χ1v) is 13.7. The standard InChI is InChI=1S/C25H27ClN2O3S2/c1-19-17-20(18-32-23-7-4-3-5-8-23)10-15-24(19)27-25(29)9-6-16-28(33(2,30)31)22-13-11-21(26)12-14-22/h3-5,7-8,10-15,17H,6,9,16,18H2,1-2H3,(H,27,29). The Morgan fingerprint density at radius 3 is 2.36 bits per heavy atom. The lowest BCUT2D eigenvalue weighted by atomic mass is 10.1. The average molecular weight is 503 g/mol. The van der Waals surface area contributed by atoms with Crippen LogP contribution in [-0.4, -0.2) is 27.1 Å². The molecule has 0 heterocycles. The molecule has 0 aromatic heterocycles. The fraction of sp³-hybridized carbons (Fsp3) is 0.240. The molecule has 33 heavy (non-hydrogen) atoms. The summed E-state index contributed by atoms with van der Waals surface area (Å²) in [6.07, 6.45) is 1.76. The van der Waals surface area contributed by atoms with Crippen LogP contribution < -0.4 is 9.62 Å². The van der Waals surface area contributed by atoms with E-state index in [4.69, 9.17) is 11.6 Å². The molecule has 0 saturated carbocycles. The maximum Gasteiger partial charge on any atom is 0.232 e. The minimum absolute atomic E-state index is 0.144. The first kappa shape index (κ1) is 25.1. The Morgan fingerprint density at radius 1 is 1.03 bits per heavy atom. The van der Waals surface area contributed by atoms with Crippen molar-refractivity contribution in [2.75, 3.05) is 22.4 Å². The Morgan fingerprint density at radius 2 is 1.73 bits per heavy atom. The second-order valence-electron chi connectivity index (χ2n) is 7.71. The van der Waals surface area contributed by atoms with Crippen LogP contribution >= 0.6 is 23.4 Å². The highest BCUT2D eigenvalue weighted by Crippen LogP contribution is 2.25. The molecule has 3 rings (SSSR count). The molecular formula is C25H27ClN2O3S2. The highest BCUT2D eigenvalue weighted by molar-refractivity contribution is 7.98. The molecule has 3 aromatic rings. The van der Waals surface area contributed by atoms with Gasteiger partial charge in [-0.05, 0) is 66.9 Å². The van der Waals surface area contributed by atoms with Crippen molar-refractivity contribution in [2.24, 2.45) is 0 Å². The van der Waals surface area contributed by atoms with Gasteiger partial charge in [-0.2, -0.15) is 0 Å². The molecule has 0 spiro atoms. The summed E-state index contributed by atoms with van der Waals surface area (Å²) in [7, 11) is -3.47. The van der Waals surface area contributed by atoms with Crippen LogP contribution in [0.1, 0.15) is 24.0 Å². The summed E-state index contributed by atoms with van der Waals surface area (Å²) in [5.74, 6) is 0.708. The van der Waals surface area contributed by atoms with E-state index in [0.717, 1.165) is 23.3 Å². The van der Waals surface area contributed by atoms with Gasteiger partial charge in [0, 0.05) is 34.3 Å². The number of carbonyl (C=O) groups is 1. The quantitative estimate of drug-likeness (QED) is 0.339. The molecule has 0 radical (unpaired) electrons. The number of hydrogen-bond donors (Lipinski definition) is 1. The number of aryl methyl sites for hydroxylation is 1. The molecule has 1 N–H and O–H groups in total. The van der Waals surface area contributed by atoms with Crippen molar-refractivity contribution < 1.29 is 13.2 Å². The average Bonchev–Trinajstić information content (AvgIpc) is 2.78. The van der Waals surface area contributed by atoms with E-state index in [0.29, 0.717) is 17.1 Å². The fourth-order valence-corrected chi connectivity index (χ4v) is 5.28. The SMILES string of the molecule is Cc1cc(CSc2ccccc2)ccc1NC(=O)CCCN(c1ccc(Cl)cc1)S(C)(=O)=O. The van der Waals surface area contributed by atoms with Crippen LogP contribution in [0.4, 0.5) is 11.4 Å². The maximum absolute atomic E-state index is 12.5. The Bertz CT molecular complexity index is 1180. The number of hydrogen-bond acceptors (Lipinski definition) is 4. The van der Waals surface area contributed by atoms with Crippen LogP contribution in [0, 0.1) is 6.92 Å². The van der Waals surface area contributed by atoms with Crippen LogP contribution in [0.2, 0.25) is 5.02 Å². The van der Waals surface area contributed by atoms with Gasteiger partial charge in [0.2, 0.25) is 15.9 Å². The van der Waals surface area contributed by atoms with E-state index in [1.807, 2.05) is 37.3 Å². The number of sulfonamides is 1. The Balaban J connectivity index is 1.52. The third-order valence-electron chi connectivity index (χ3n) is 4.99. The van der Waals surface area contributed by atoms with E-state index < -0.39 is 10.0 Å². The van der Waals surface area contributed by atoms with Crippen molar-refractivity contribution in [3.63, 3.8) is 0 Å². The van der Waals surface area contributed by atoms with Gasteiger partial charge in [0.15, 0.2) is 0 Å². The van der Waals surface area contributed by atoms with Gasteiger partial charge >= 0.3 is 0 Å².